The number of nitrogens with one attached hydrogen (secondary N) is 1. The number of benzene rings is 2. The summed E-state index contributed by atoms with van der Waals surface area (Å²) in [4.78, 5) is 12.8. The minimum atomic E-state index is -3.51. The number of carboxylic acids is 1. The van der Waals surface area contributed by atoms with Crippen LogP contribution in [0.15, 0.2) is 48.5 Å². The van der Waals surface area contributed by atoms with E-state index in [-0.39, 0.29) is 4.88 Å². The Morgan fingerprint density at radius 1 is 1.13 bits per heavy atom. The van der Waals surface area contributed by atoms with Gasteiger partial charge in [-0.2, -0.15) is 0 Å². The third-order valence-electron chi connectivity index (χ3n) is 5.00. The zero-order valence-corrected chi connectivity index (χ0v) is 20.1. The number of rotatable bonds is 8. The predicted molar refractivity (Wildman–Crippen MR) is 129 cm³/mol. The van der Waals surface area contributed by atoms with Gasteiger partial charge in [-0.15, -0.1) is 11.3 Å². The summed E-state index contributed by atoms with van der Waals surface area (Å²) in [6, 6.07) is 15.4. The van der Waals surface area contributed by atoms with Gasteiger partial charge in [-0.1, -0.05) is 55.8 Å². The number of hydrogen-bond donors (Lipinski definition) is 2. The lowest BCUT2D eigenvalue weighted by atomic mass is 10.0. The topological polar surface area (TPSA) is 75.6 Å². The van der Waals surface area contributed by atoms with Crippen molar-refractivity contribution in [3.63, 3.8) is 0 Å². The molecule has 0 aliphatic heterocycles. The molecular weight excluding hydrogens is 429 g/mol. The highest BCUT2D eigenvalue weighted by Gasteiger charge is 2.30. The summed E-state index contributed by atoms with van der Waals surface area (Å²) >= 11 is 1.15. The molecule has 0 saturated carbocycles. The molecule has 5 nitrogen and oxygen atoms in total. The summed E-state index contributed by atoms with van der Waals surface area (Å²) < 4.78 is 19.0. The van der Waals surface area contributed by atoms with Crippen molar-refractivity contribution >= 4 is 35.8 Å². The fourth-order valence-corrected chi connectivity index (χ4v) is 6.29. The monoisotopic (exact) mass is 457 g/mol. The van der Waals surface area contributed by atoms with E-state index in [4.69, 9.17) is 4.52 Å². The molecule has 1 atom stereocenters. The summed E-state index contributed by atoms with van der Waals surface area (Å²) in [5.41, 5.74) is 4.33. The molecule has 0 bridgehead atoms. The zero-order chi connectivity index (χ0) is 22.8. The van der Waals surface area contributed by atoms with Gasteiger partial charge in [0.05, 0.1) is 11.0 Å². The van der Waals surface area contributed by atoms with E-state index in [2.05, 4.69) is 31.1 Å². The molecule has 0 aliphatic carbocycles. The summed E-state index contributed by atoms with van der Waals surface area (Å²) in [6.45, 7) is 8.18. The molecule has 0 radical (unpaired) electrons. The smallest absolute Gasteiger partial charge is 0.348 e. The van der Waals surface area contributed by atoms with Crippen molar-refractivity contribution in [3.8, 4) is 10.4 Å². The molecule has 1 unspecified atom stereocenters. The lowest BCUT2D eigenvalue weighted by molar-refractivity contribution is 0.0703. The molecule has 164 valence electrons. The van der Waals surface area contributed by atoms with Crippen LogP contribution in [0.5, 0.6) is 0 Å². The number of carbonyl (C=O) groups is 1. The molecule has 0 spiro atoms. The van der Waals surface area contributed by atoms with Gasteiger partial charge in [0.2, 0.25) is 0 Å². The first-order valence-corrected chi connectivity index (χ1v) is 12.6. The van der Waals surface area contributed by atoms with Gasteiger partial charge in [0, 0.05) is 12.0 Å². The van der Waals surface area contributed by atoms with Gasteiger partial charge in [-0.05, 0) is 55.0 Å². The van der Waals surface area contributed by atoms with Crippen molar-refractivity contribution in [2.75, 3.05) is 12.2 Å². The van der Waals surface area contributed by atoms with E-state index in [1.807, 2.05) is 38.1 Å². The maximum atomic E-state index is 13.6. The summed E-state index contributed by atoms with van der Waals surface area (Å²) in [5, 5.41) is 13.2. The van der Waals surface area contributed by atoms with Crippen molar-refractivity contribution in [1.29, 1.82) is 0 Å². The number of carboxylic acid groups (broad SMARTS) is 1. The minimum Gasteiger partial charge on any atom is -0.477 e. The van der Waals surface area contributed by atoms with Crippen LogP contribution < -0.4 is 10.4 Å². The van der Waals surface area contributed by atoms with Gasteiger partial charge in [-0.3, -0.25) is 4.57 Å². The van der Waals surface area contributed by atoms with Crippen LogP contribution in [0.3, 0.4) is 0 Å². The first-order chi connectivity index (χ1) is 14.6. The van der Waals surface area contributed by atoms with Crippen LogP contribution in [0.2, 0.25) is 0 Å². The second-order valence-corrected chi connectivity index (χ2v) is 11.3. The van der Waals surface area contributed by atoms with Crippen molar-refractivity contribution in [1.82, 2.24) is 0 Å². The summed E-state index contributed by atoms with van der Waals surface area (Å²) in [7, 11) is -2.14. The summed E-state index contributed by atoms with van der Waals surface area (Å²) in [6.07, 6.45) is 0.991. The van der Waals surface area contributed by atoms with Crippen molar-refractivity contribution < 1.29 is 19.0 Å². The standard InChI is InChI=1S/C24H28NO4PS/c1-15(2)12-18-7-9-19(10-8-18)22-14-20(23(31-22)24(26)27)25-30(28,29-5)21-11-6-16(3)13-17(21)4/h6-11,13-15H,12H2,1-5H3,(H,25,28)(H,26,27). The van der Waals surface area contributed by atoms with Crippen LogP contribution in [0.25, 0.3) is 10.4 Å². The molecule has 2 N–H and O–H groups in total. The first kappa shape index (κ1) is 23.3. The maximum Gasteiger partial charge on any atom is 0.348 e. The van der Waals surface area contributed by atoms with E-state index >= 15 is 0 Å². The third-order valence-corrected chi connectivity index (χ3v) is 8.36. The van der Waals surface area contributed by atoms with Crippen LogP contribution >= 0.6 is 18.9 Å². The number of anilines is 1. The molecule has 2 aromatic carbocycles. The fourth-order valence-electron chi connectivity index (χ4n) is 3.55. The van der Waals surface area contributed by atoms with E-state index in [9.17, 15) is 14.5 Å². The molecule has 0 aliphatic rings. The number of hydrogen-bond acceptors (Lipinski definition) is 4. The van der Waals surface area contributed by atoms with Crippen LogP contribution in [-0.2, 0) is 15.5 Å². The SMILES string of the molecule is COP(=O)(Nc1cc(-c2ccc(CC(C)C)cc2)sc1C(=O)O)c1ccc(C)cc1C. The molecular formula is C24H28NO4PS. The Morgan fingerprint density at radius 2 is 1.81 bits per heavy atom. The third kappa shape index (κ3) is 5.27. The van der Waals surface area contributed by atoms with E-state index in [0.29, 0.717) is 16.9 Å². The van der Waals surface area contributed by atoms with E-state index in [1.165, 1.54) is 12.7 Å². The van der Waals surface area contributed by atoms with Gasteiger partial charge in [-0.25, -0.2) is 4.79 Å². The molecule has 1 heterocycles. The molecule has 0 saturated heterocycles. The highest BCUT2D eigenvalue weighted by atomic mass is 32.1. The second kappa shape index (κ2) is 9.39. The maximum absolute atomic E-state index is 13.6. The Bertz CT molecular complexity index is 1130. The summed E-state index contributed by atoms with van der Waals surface area (Å²) in [5.74, 6) is -0.506. The Kier molecular flexibility index (Phi) is 7.05. The zero-order valence-electron chi connectivity index (χ0n) is 18.4. The van der Waals surface area contributed by atoms with Gasteiger partial charge >= 0.3 is 13.5 Å². The van der Waals surface area contributed by atoms with Crippen molar-refractivity contribution in [3.05, 3.63) is 70.1 Å². The Labute approximate surface area is 187 Å². The largest absolute Gasteiger partial charge is 0.477 e. The van der Waals surface area contributed by atoms with Gasteiger partial charge in [0.15, 0.2) is 0 Å². The highest BCUT2D eigenvalue weighted by Crippen LogP contribution is 2.48. The van der Waals surface area contributed by atoms with Crippen molar-refractivity contribution in [2.24, 2.45) is 5.92 Å². The van der Waals surface area contributed by atoms with Gasteiger partial charge < -0.3 is 14.7 Å². The normalized spacial score (nSPS) is 13.2. The average Bonchev–Trinajstić information content (AvgIpc) is 3.11. The molecule has 31 heavy (non-hydrogen) atoms. The number of aryl methyl sites for hydroxylation is 2. The molecule has 3 aromatic rings. The molecule has 3 rings (SSSR count). The lowest BCUT2D eigenvalue weighted by Crippen LogP contribution is -2.17. The molecule has 0 fully saturated rings. The second-order valence-electron chi connectivity index (χ2n) is 8.09. The van der Waals surface area contributed by atoms with Crippen LogP contribution in [0.1, 0.15) is 40.2 Å². The van der Waals surface area contributed by atoms with Crippen LogP contribution in [0.4, 0.5) is 5.69 Å². The Balaban J connectivity index is 1.98. The highest BCUT2D eigenvalue weighted by molar-refractivity contribution is 7.68. The molecule has 0 amide bonds. The van der Waals surface area contributed by atoms with Crippen molar-refractivity contribution in [2.45, 2.75) is 34.1 Å². The quantitative estimate of drug-likeness (QED) is 0.377. The molecule has 1 aromatic heterocycles. The Morgan fingerprint density at radius 3 is 2.35 bits per heavy atom. The van der Waals surface area contributed by atoms with Crippen LogP contribution in [0, 0.1) is 19.8 Å². The average molecular weight is 458 g/mol. The minimum absolute atomic E-state index is 0.100. The Hall–Kier alpha value is -2.40. The van der Waals surface area contributed by atoms with E-state index in [0.717, 1.165) is 39.3 Å². The number of thiophene rings is 1. The van der Waals surface area contributed by atoms with Gasteiger partial charge in [0.25, 0.3) is 0 Å². The van der Waals surface area contributed by atoms with E-state index < -0.39 is 13.5 Å². The number of aromatic carboxylic acids is 1. The molecule has 7 heteroatoms. The van der Waals surface area contributed by atoms with E-state index in [1.54, 1.807) is 12.1 Å². The first-order valence-electron chi connectivity index (χ1n) is 10.1. The fraction of sp³-hybridized carbons (Fsp3) is 0.292. The lowest BCUT2D eigenvalue weighted by Gasteiger charge is -2.20. The predicted octanol–water partition coefficient (Wildman–Crippen LogP) is 6.51. The van der Waals surface area contributed by atoms with Gasteiger partial charge in [0.1, 0.15) is 4.88 Å². The van der Waals surface area contributed by atoms with Crippen LogP contribution in [-0.4, -0.2) is 18.2 Å².